The Labute approximate surface area is 97.5 Å². The van der Waals surface area contributed by atoms with Crippen LogP contribution in [0.2, 0.25) is 0 Å². The van der Waals surface area contributed by atoms with E-state index in [2.05, 4.69) is 6.92 Å². The summed E-state index contributed by atoms with van der Waals surface area (Å²) in [4.78, 5) is 12.1. The van der Waals surface area contributed by atoms with E-state index in [1.54, 1.807) is 17.8 Å². The van der Waals surface area contributed by atoms with Gasteiger partial charge in [-0.2, -0.15) is 11.8 Å². The molecule has 0 amide bonds. The van der Waals surface area contributed by atoms with Crippen molar-refractivity contribution in [2.45, 2.75) is 13.8 Å². The van der Waals surface area contributed by atoms with Gasteiger partial charge < -0.3 is 9.84 Å². The number of aromatic carboxylic acids is 1. The van der Waals surface area contributed by atoms with Gasteiger partial charge in [-0.25, -0.2) is 4.79 Å². The molecule has 0 aromatic carbocycles. The maximum atomic E-state index is 10.8. The number of ether oxygens (including phenoxy) is 1. The third-order valence-corrected chi connectivity index (χ3v) is 3.59. The topological polar surface area (TPSA) is 46.5 Å². The zero-order chi connectivity index (χ0) is 11.3. The predicted octanol–water partition coefficient (Wildman–Crippen LogP) is 2.89. The highest BCUT2D eigenvalue weighted by Crippen LogP contribution is 2.28. The van der Waals surface area contributed by atoms with Crippen LogP contribution in [0.15, 0.2) is 6.07 Å². The lowest BCUT2D eigenvalue weighted by molar-refractivity contribution is 0.0698. The van der Waals surface area contributed by atoms with E-state index in [1.165, 1.54) is 11.3 Å². The van der Waals surface area contributed by atoms with Gasteiger partial charge >= 0.3 is 5.97 Å². The van der Waals surface area contributed by atoms with E-state index in [0.717, 1.165) is 16.4 Å². The minimum atomic E-state index is -0.911. The van der Waals surface area contributed by atoms with E-state index in [-0.39, 0.29) is 0 Å². The number of thiophene rings is 1. The molecule has 0 bridgehead atoms. The fourth-order valence-electron chi connectivity index (χ4n) is 1.10. The standard InChI is InChI=1S/C10H14O3S2/c1-3-14-5-4-13-8-6-7(2)15-9(8)10(11)12/h6H,3-5H2,1-2H3,(H,11,12). The molecule has 0 fully saturated rings. The van der Waals surface area contributed by atoms with Gasteiger partial charge in [-0.1, -0.05) is 6.92 Å². The first-order valence-corrected chi connectivity index (χ1v) is 6.66. The summed E-state index contributed by atoms with van der Waals surface area (Å²) in [5, 5.41) is 8.91. The van der Waals surface area contributed by atoms with Gasteiger partial charge in [0.1, 0.15) is 5.75 Å². The van der Waals surface area contributed by atoms with Crippen molar-refractivity contribution >= 4 is 29.1 Å². The van der Waals surface area contributed by atoms with Crippen molar-refractivity contribution in [1.29, 1.82) is 0 Å². The van der Waals surface area contributed by atoms with Gasteiger partial charge in [0.2, 0.25) is 0 Å². The quantitative estimate of drug-likeness (QED) is 0.784. The molecule has 0 aliphatic rings. The largest absolute Gasteiger partial charge is 0.491 e. The van der Waals surface area contributed by atoms with Gasteiger partial charge in [-0.3, -0.25) is 0 Å². The second kappa shape index (κ2) is 6.02. The molecule has 0 saturated carbocycles. The summed E-state index contributed by atoms with van der Waals surface area (Å²) in [5.74, 6) is 1.54. The van der Waals surface area contributed by atoms with Gasteiger partial charge in [-0.15, -0.1) is 11.3 Å². The van der Waals surface area contributed by atoms with Crippen molar-refractivity contribution in [1.82, 2.24) is 0 Å². The summed E-state index contributed by atoms with van der Waals surface area (Å²) in [6, 6.07) is 1.78. The lowest BCUT2D eigenvalue weighted by atomic mass is 10.4. The summed E-state index contributed by atoms with van der Waals surface area (Å²) in [6.07, 6.45) is 0. The van der Waals surface area contributed by atoms with Crippen molar-refractivity contribution < 1.29 is 14.6 Å². The molecule has 1 N–H and O–H groups in total. The molecule has 1 aromatic rings. The number of hydrogen-bond acceptors (Lipinski definition) is 4. The molecule has 1 aromatic heterocycles. The molecule has 0 unspecified atom stereocenters. The highest BCUT2D eigenvalue weighted by atomic mass is 32.2. The van der Waals surface area contributed by atoms with Crippen LogP contribution in [0.4, 0.5) is 0 Å². The molecule has 0 spiro atoms. The molecule has 1 heterocycles. The maximum absolute atomic E-state index is 10.8. The van der Waals surface area contributed by atoms with Crippen LogP contribution < -0.4 is 4.74 Å². The average molecular weight is 246 g/mol. The van der Waals surface area contributed by atoms with Crippen molar-refractivity contribution in [3.05, 3.63) is 15.8 Å². The number of carboxylic acid groups (broad SMARTS) is 1. The van der Waals surface area contributed by atoms with E-state index in [9.17, 15) is 4.79 Å². The summed E-state index contributed by atoms with van der Waals surface area (Å²) in [5.41, 5.74) is 0. The Kier molecular flexibility index (Phi) is 4.98. The monoisotopic (exact) mass is 246 g/mol. The van der Waals surface area contributed by atoms with Crippen LogP contribution in [-0.4, -0.2) is 29.2 Å². The third-order valence-electron chi connectivity index (χ3n) is 1.70. The minimum Gasteiger partial charge on any atom is -0.491 e. The molecule has 0 aliphatic heterocycles. The number of thioether (sulfide) groups is 1. The fraction of sp³-hybridized carbons (Fsp3) is 0.500. The van der Waals surface area contributed by atoms with Crippen molar-refractivity contribution in [2.24, 2.45) is 0 Å². The van der Waals surface area contributed by atoms with Crippen molar-refractivity contribution in [2.75, 3.05) is 18.1 Å². The smallest absolute Gasteiger partial charge is 0.349 e. The Balaban J connectivity index is 2.55. The fourth-order valence-corrected chi connectivity index (χ4v) is 2.39. The summed E-state index contributed by atoms with van der Waals surface area (Å²) in [6.45, 7) is 4.53. The molecule has 0 atom stereocenters. The lowest BCUT2D eigenvalue weighted by Gasteiger charge is -2.03. The zero-order valence-electron chi connectivity index (χ0n) is 8.78. The zero-order valence-corrected chi connectivity index (χ0v) is 10.4. The second-order valence-electron chi connectivity index (χ2n) is 2.90. The van der Waals surface area contributed by atoms with E-state index in [1.807, 2.05) is 6.92 Å². The molecule has 0 saturated heterocycles. The molecule has 3 nitrogen and oxygen atoms in total. The maximum Gasteiger partial charge on any atom is 0.349 e. The normalized spacial score (nSPS) is 10.3. The molecule has 0 radical (unpaired) electrons. The Morgan fingerprint density at radius 1 is 1.67 bits per heavy atom. The minimum absolute atomic E-state index is 0.300. The number of rotatable bonds is 6. The highest BCUT2D eigenvalue weighted by molar-refractivity contribution is 7.99. The Morgan fingerprint density at radius 3 is 3.00 bits per heavy atom. The first-order chi connectivity index (χ1) is 7.15. The highest BCUT2D eigenvalue weighted by Gasteiger charge is 2.14. The summed E-state index contributed by atoms with van der Waals surface area (Å²) < 4.78 is 5.43. The van der Waals surface area contributed by atoms with Crippen LogP contribution >= 0.6 is 23.1 Å². The van der Waals surface area contributed by atoms with Crippen molar-refractivity contribution in [3.8, 4) is 5.75 Å². The number of hydrogen-bond donors (Lipinski definition) is 1. The molecule has 84 valence electrons. The summed E-state index contributed by atoms with van der Waals surface area (Å²) in [7, 11) is 0. The van der Waals surface area contributed by atoms with E-state index in [0.29, 0.717) is 17.2 Å². The molecule has 1 rings (SSSR count). The molecular formula is C10H14O3S2. The van der Waals surface area contributed by atoms with Crippen LogP contribution in [0.3, 0.4) is 0 Å². The third kappa shape index (κ3) is 3.76. The predicted molar refractivity (Wildman–Crippen MR) is 64.5 cm³/mol. The van der Waals surface area contributed by atoms with Gasteiger partial charge in [0.15, 0.2) is 4.88 Å². The van der Waals surface area contributed by atoms with Crippen LogP contribution in [0.1, 0.15) is 21.5 Å². The Hall–Kier alpha value is -0.680. The van der Waals surface area contributed by atoms with Gasteiger partial charge in [0.25, 0.3) is 0 Å². The second-order valence-corrected chi connectivity index (χ2v) is 5.55. The lowest BCUT2D eigenvalue weighted by Crippen LogP contribution is -2.03. The molecule has 0 aliphatic carbocycles. The number of carbonyl (C=O) groups is 1. The number of carboxylic acids is 1. The van der Waals surface area contributed by atoms with Gasteiger partial charge in [0.05, 0.1) is 6.61 Å². The Morgan fingerprint density at radius 2 is 2.40 bits per heavy atom. The first-order valence-electron chi connectivity index (χ1n) is 4.69. The first kappa shape index (κ1) is 12.4. The summed E-state index contributed by atoms with van der Waals surface area (Å²) >= 11 is 3.03. The molecule has 15 heavy (non-hydrogen) atoms. The van der Waals surface area contributed by atoms with Gasteiger partial charge in [0, 0.05) is 10.6 Å². The number of aryl methyl sites for hydroxylation is 1. The van der Waals surface area contributed by atoms with E-state index >= 15 is 0 Å². The van der Waals surface area contributed by atoms with Crippen LogP contribution in [0, 0.1) is 6.92 Å². The van der Waals surface area contributed by atoms with Crippen LogP contribution in [0.5, 0.6) is 5.75 Å². The Bertz CT molecular complexity index is 333. The van der Waals surface area contributed by atoms with Gasteiger partial charge in [-0.05, 0) is 18.7 Å². The SMILES string of the molecule is CCSCCOc1cc(C)sc1C(=O)O. The molecular weight excluding hydrogens is 232 g/mol. The van der Waals surface area contributed by atoms with Crippen LogP contribution in [-0.2, 0) is 0 Å². The van der Waals surface area contributed by atoms with E-state index < -0.39 is 5.97 Å². The van der Waals surface area contributed by atoms with E-state index in [4.69, 9.17) is 9.84 Å². The molecule has 5 heteroatoms. The average Bonchev–Trinajstić information content (AvgIpc) is 2.55. The van der Waals surface area contributed by atoms with Crippen molar-refractivity contribution in [3.63, 3.8) is 0 Å². The van der Waals surface area contributed by atoms with Crippen LogP contribution in [0.25, 0.3) is 0 Å².